The lowest BCUT2D eigenvalue weighted by atomic mass is 10.1. The van der Waals surface area contributed by atoms with Crippen molar-refractivity contribution in [1.82, 2.24) is 4.98 Å². The number of guanidine groups is 1. The fraction of sp³-hybridized carbons (Fsp3) is 0.308. The number of nitrogens with two attached hydrogens (primary N) is 2. The van der Waals surface area contributed by atoms with Crippen LogP contribution < -0.4 is 11.5 Å². The second-order valence-corrected chi connectivity index (χ2v) is 4.32. The number of azo groups is 1. The third-order valence-corrected chi connectivity index (χ3v) is 2.85. The summed E-state index contributed by atoms with van der Waals surface area (Å²) in [5, 5.41) is 8.39. The van der Waals surface area contributed by atoms with E-state index in [0.29, 0.717) is 6.54 Å². The van der Waals surface area contributed by atoms with Crippen LogP contribution in [0.2, 0.25) is 0 Å². The van der Waals surface area contributed by atoms with Gasteiger partial charge in [0.25, 0.3) is 0 Å². The van der Waals surface area contributed by atoms with Crippen molar-refractivity contribution in [3.8, 4) is 0 Å². The topological polar surface area (TPSA) is 105 Å². The van der Waals surface area contributed by atoms with E-state index in [2.05, 4.69) is 26.3 Å². The zero-order chi connectivity index (χ0) is 13.7. The SMILES string of the molecule is CN=NC(N)=NC[C@@H](N)Cc1c[nH]c2ccccc12. The minimum Gasteiger partial charge on any atom is -0.367 e. The van der Waals surface area contributed by atoms with Crippen molar-refractivity contribution in [3.63, 3.8) is 0 Å². The quantitative estimate of drug-likeness (QED) is 0.438. The lowest BCUT2D eigenvalue weighted by Crippen LogP contribution is -2.27. The van der Waals surface area contributed by atoms with Gasteiger partial charge in [0.2, 0.25) is 5.96 Å². The molecule has 1 aromatic carbocycles. The Morgan fingerprint density at radius 3 is 2.95 bits per heavy atom. The highest BCUT2D eigenvalue weighted by molar-refractivity contribution is 5.83. The molecule has 0 fully saturated rings. The van der Waals surface area contributed by atoms with Crippen LogP contribution in [-0.4, -0.2) is 30.6 Å². The summed E-state index contributed by atoms with van der Waals surface area (Å²) in [6, 6.07) is 8.05. The third kappa shape index (κ3) is 3.38. The van der Waals surface area contributed by atoms with Crippen molar-refractivity contribution < 1.29 is 0 Å². The molecule has 5 N–H and O–H groups in total. The summed E-state index contributed by atoms with van der Waals surface area (Å²) in [6.07, 6.45) is 2.73. The van der Waals surface area contributed by atoms with Gasteiger partial charge in [0.15, 0.2) is 0 Å². The monoisotopic (exact) mass is 258 g/mol. The van der Waals surface area contributed by atoms with Crippen LogP contribution in [0.5, 0.6) is 0 Å². The molecular weight excluding hydrogens is 240 g/mol. The highest BCUT2D eigenvalue weighted by Gasteiger charge is 2.08. The number of rotatable bonds is 4. The Kier molecular flexibility index (Phi) is 4.25. The lowest BCUT2D eigenvalue weighted by Gasteiger charge is -2.07. The summed E-state index contributed by atoms with van der Waals surface area (Å²) < 4.78 is 0. The normalized spacial score (nSPS) is 14.3. The largest absolute Gasteiger partial charge is 0.367 e. The Bertz CT molecular complexity index is 598. The number of aromatic nitrogens is 1. The molecule has 6 nitrogen and oxygen atoms in total. The molecule has 0 aliphatic heterocycles. The Labute approximate surface area is 111 Å². The molecule has 0 bridgehead atoms. The number of benzene rings is 1. The zero-order valence-electron chi connectivity index (χ0n) is 10.9. The standard InChI is InChI=1S/C13H18N6/c1-16-19-13(15)18-8-10(14)6-9-7-17-12-5-3-2-4-11(9)12/h2-5,7,10,17H,6,8,14H2,1H3,(H2,15,18)/t10-/m0/s1. The molecule has 2 aromatic rings. The highest BCUT2D eigenvalue weighted by atomic mass is 15.2. The number of aliphatic imine (C=N–C) groups is 1. The maximum atomic E-state index is 6.05. The number of para-hydroxylation sites is 1. The van der Waals surface area contributed by atoms with Crippen LogP contribution in [-0.2, 0) is 6.42 Å². The van der Waals surface area contributed by atoms with Crippen molar-refractivity contribution >= 4 is 16.9 Å². The molecule has 19 heavy (non-hydrogen) atoms. The minimum atomic E-state index is -0.0928. The second-order valence-electron chi connectivity index (χ2n) is 4.32. The number of H-pyrrole nitrogens is 1. The molecule has 0 unspecified atom stereocenters. The smallest absolute Gasteiger partial charge is 0.235 e. The van der Waals surface area contributed by atoms with Crippen LogP contribution in [0.4, 0.5) is 0 Å². The predicted molar refractivity (Wildman–Crippen MR) is 77.2 cm³/mol. The molecule has 0 aliphatic rings. The van der Waals surface area contributed by atoms with Crippen LogP contribution in [0.3, 0.4) is 0 Å². The van der Waals surface area contributed by atoms with Gasteiger partial charge in [-0.15, -0.1) is 5.11 Å². The average Bonchev–Trinajstić information content (AvgIpc) is 2.80. The van der Waals surface area contributed by atoms with E-state index in [1.807, 2.05) is 24.4 Å². The maximum Gasteiger partial charge on any atom is 0.235 e. The molecular formula is C13H18N6. The van der Waals surface area contributed by atoms with Crippen LogP contribution in [0, 0.1) is 0 Å². The number of nitrogens with one attached hydrogen (secondary N) is 1. The number of hydrogen-bond donors (Lipinski definition) is 3. The van der Waals surface area contributed by atoms with Crippen molar-refractivity contribution in [3.05, 3.63) is 36.0 Å². The zero-order valence-corrected chi connectivity index (χ0v) is 10.9. The molecule has 100 valence electrons. The second kappa shape index (κ2) is 6.10. The number of fused-ring (bicyclic) bond motifs is 1. The van der Waals surface area contributed by atoms with E-state index < -0.39 is 0 Å². The van der Waals surface area contributed by atoms with Crippen molar-refractivity contribution in [2.24, 2.45) is 26.7 Å². The fourth-order valence-electron chi connectivity index (χ4n) is 1.99. The Morgan fingerprint density at radius 1 is 1.37 bits per heavy atom. The van der Waals surface area contributed by atoms with Crippen LogP contribution in [0.25, 0.3) is 10.9 Å². The first kappa shape index (κ1) is 13.2. The Balaban J connectivity index is 2.03. The molecule has 0 amide bonds. The maximum absolute atomic E-state index is 6.05. The van der Waals surface area contributed by atoms with Gasteiger partial charge in [-0.05, 0) is 18.1 Å². The van der Waals surface area contributed by atoms with E-state index in [1.54, 1.807) is 7.05 Å². The van der Waals surface area contributed by atoms with E-state index in [-0.39, 0.29) is 12.0 Å². The summed E-state index contributed by atoms with van der Waals surface area (Å²) in [5.74, 6) is 0.164. The van der Waals surface area contributed by atoms with E-state index >= 15 is 0 Å². The molecule has 6 heteroatoms. The van der Waals surface area contributed by atoms with E-state index in [4.69, 9.17) is 11.5 Å². The highest BCUT2D eigenvalue weighted by Crippen LogP contribution is 2.18. The first-order chi connectivity index (χ1) is 9.20. The Hall–Kier alpha value is -2.21. The van der Waals surface area contributed by atoms with Gasteiger partial charge in [-0.2, -0.15) is 5.11 Å². The summed E-state index contributed by atoms with van der Waals surface area (Å²) in [7, 11) is 1.55. The van der Waals surface area contributed by atoms with Gasteiger partial charge in [-0.1, -0.05) is 18.2 Å². The minimum absolute atomic E-state index is 0.0928. The fourth-order valence-corrected chi connectivity index (χ4v) is 1.99. The molecule has 0 radical (unpaired) electrons. The van der Waals surface area contributed by atoms with Crippen molar-refractivity contribution in [2.45, 2.75) is 12.5 Å². The summed E-state index contributed by atoms with van der Waals surface area (Å²) in [4.78, 5) is 7.30. The summed E-state index contributed by atoms with van der Waals surface area (Å²) >= 11 is 0. The van der Waals surface area contributed by atoms with Gasteiger partial charge in [0.1, 0.15) is 0 Å². The summed E-state index contributed by atoms with van der Waals surface area (Å²) in [6.45, 7) is 0.435. The molecule has 0 saturated carbocycles. The molecule has 0 spiro atoms. The van der Waals surface area contributed by atoms with Gasteiger partial charge < -0.3 is 16.5 Å². The summed E-state index contributed by atoms with van der Waals surface area (Å²) in [5.41, 5.74) is 13.9. The molecule has 1 aromatic heterocycles. The van der Waals surface area contributed by atoms with Gasteiger partial charge in [0.05, 0.1) is 6.54 Å². The van der Waals surface area contributed by atoms with Gasteiger partial charge in [0, 0.05) is 30.2 Å². The van der Waals surface area contributed by atoms with Crippen molar-refractivity contribution in [2.75, 3.05) is 13.6 Å². The molecule has 0 saturated heterocycles. The molecule has 1 atom stereocenters. The molecule has 1 heterocycles. The van der Waals surface area contributed by atoms with Crippen LogP contribution in [0.15, 0.2) is 45.7 Å². The average molecular weight is 258 g/mol. The van der Waals surface area contributed by atoms with Crippen molar-refractivity contribution in [1.29, 1.82) is 0 Å². The number of hydrogen-bond acceptors (Lipinski definition) is 3. The van der Waals surface area contributed by atoms with Gasteiger partial charge in [-0.3, -0.25) is 0 Å². The van der Waals surface area contributed by atoms with Gasteiger partial charge >= 0.3 is 0 Å². The first-order valence-electron chi connectivity index (χ1n) is 6.11. The predicted octanol–water partition coefficient (Wildman–Crippen LogP) is 1.43. The number of aromatic amines is 1. The lowest BCUT2D eigenvalue weighted by molar-refractivity contribution is 0.681. The first-order valence-corrected chi connectivity index (χ1v) is 6.11. The van der Waals surface area contributed by atoms with E-state index in [0.717, 1.165) is 11.9 Å². The molecule has 2 rings (SSSR count). The third-order valence-electron chi connectivity index (χ3n) is 2.85. The molecule has 0 aliphatic carbocycles. The van der Waals surface area contributed by atoms with E-state index in [1.165, 1.54) is 10.9 Å². The van der Waals surface area contributed by atoms with Gasteiger partial charge in [-0.25, -0.2) is 4.99 Å². The van der Waals surface area contributed by atoms with Crippen LogP contribution in [0.1, 0.15) is 5.56 Å². The van der Waals surface area contributed by atoms with E-state index in [9.17, 15) is 0 Å². The Morgan fingerprint density at radius 2 is 2.16 bits per heavy atom. The van der Waals surface area contributed by atoms with Crippen LogP contribution >= 0.6 is 0 Å². The number of nitrogens with zero attached hydrogens (tertiary/aromatic N) is 3.